The molecule has 2 aromatic rings. The average molecular weight is 303 g/mol. The van der Waals surface area contributed by atoms with E-state index in [-0.39, 0.29) is 0 Å². The van der Waals surface area contributed by atoms with E-state index in [4.69, 9.17) is 8.94 Å². The Kier molecular flexibility index (Phi) is 4.34. The van der Waals surface area contributed by atoms with Crippen molar-refractivity contribution in [2.45, 2.75) is 46.6 Å². The van der Waals surface area contributed by atoms with Crippen molar-refractivity contribution in [3.8, 4) is 11.5 Å². The van der Waals surface area contributed by atoms with Crippen molar-refractivity contribution >= 4 is 0 Å². The van der Waals surface area contributed by atoms with Crippen LogP contribution in [0.1, 0.15) is 45.9 Å². The highest BCUT2D eigenvalue weighted by molar-refractivity contribution is 5.49. The molecule has 1 atom stereocenters. The first kappa shape index (κ1) is 15.3. The van der Waals surface area contributed by atoms with Crippen LogP contribution in [0.3, 0.4) is 0 Å². The topological polar surface area (TPSA) is 55.3 Å². The van der Waals surface area contributed by atoms with Crippen LogP contribution in [0.5, 0.6) is 0 Å². The van der Waals surface area contributed by atoms with Crippen LogP contribution in [-0.4, -0.2) is 28.1 Å². The Hall–Kier alpha value is -1.62. The minimum Gasteiger partial charge on any atom is -0.472 e. The van der Waals surface area contributed by atoms with Gasteiger partial charge in [-0.2, -0.15) is 4.98 Å². The number of hydrogen-bond acceptors (Lipinski definition) is 5. The third-order valence-corrected chi connectivity index (χ3v) is 4.65. The fourth-order valence-corrected chi connectivity index (χ4v) is 3.20. The van der Waals surface area contributed by atoms with E-state index in [1.807, 2.05) is 6.07 Å². The Morgan fingerprint density at radius 3 is 2.86 bits per heavy atom. The number of nitrogens with zero attached hydrogens (tertiary/aromatic N) is 3. The van der Waals surface area contributed by atoms with Crippen LogP contribution >= 0.6 is 0 Å². The molecular weight excluding hydrogens is 278 g/mol. The molecule has 1 aliphatic rings. The van der Waals surface area contributed by atoms with E-state index >= 15 is 0 Å². The zero-order valence-electron chi connectivity index (χ0n) is 13.7. The Labute approximate surface area is 131 Å². The molecule has 5 nitrogen and oxygen atoms in total. The second-order valence-electron chi connectivity index (χ2n) is 7.30. The highest BCUT2D eigenvalue weighted by atomic mass is 16.5. The predicted octanol–water partition coefficient (Wildman–Crippen LogP) is 3.98. The summed E-state index contributed by atoms with van der Waals surface area (Å²) in [5.74, 6) is 2.08. The molecule has 2 aromatic heterocycles. The van der Waals surface area contributed by atoms with E-state index in [1.165, 1.54) is 19.3 Å². The van der Waals surface area contributed by atoms with E-state index in [0.29, 0.717) is 11.3 Å². The van der Waals surface area contributed by atoms with Gasteiger partial charge in [-0.1, -0.05) is 25.9 Å². The largest absolute Gasteiger partial charge is 0.472 e. The zero-order valence-corrected chi connectivity index (χ0v) is 13.7. The fraction of sp³-hybridized carbons (Fsp3) is 0.647. The number of rotatable bonds is 3. The molecule has 5 heteroatoms. The van der Waals surface area contributed by atoms with Gasteiger partial charge in [-0.25, -0.2) is 0 Å². The normalized spacial score (nSPS) is 21.0. The Morgan fingerprint density at radius 1 is 1.27 bits per heavy atom. The van der Waals surface area contributed by atoms with Crippen LogP contribution in [0.15, 0.2) is 27.5 Å². The van der Waals surface area contributed by atoms with Crippen molar-refractivity contribution < 1.29 is 8.94 Å². The van der Waals surface area contributed by atoms with E-state index in [0.717, 1.165) is 36.9 Å². The molecule has 0 N–H and O–H groups in total. The maximum absolute atomic E-state index is 5.31. The van der Waals surface area contributed by atoms with Crippen LogP contribution in [0.2, 0.25) is 0 Å². The van der Waals surface area contributed by atoms with Crippen LogP contribution in [0.25, 0.3) is 11.5 Å². The summed E-state index contributed by atoms with van der Waals surface area (Å²) in [6.45, 7) is 10.0. The van der Waals surface area contributed by atoms with Crippen LogP contribution in [0, 0.1) is 11.3 Å². The van der Waals surface area contributed by atoms with Crippen molar-refractivity contribution in [1.82, 2.24) is 15.0 Å². The lowest BCUT2D eigenvalue weighted by molar-refractivity contribution is 0.205. The van der Waals surface area contributed by atoms with Crippen molar-refractivity contribution in [2.75, 3.05) is 13.1 Å². The van der Waals surface area contributed by atoms with Gasteiger partial charge in [0.1, 0.15) is 6.26 Å². The summed E-state index contributed by atoms with van der Waals surface area (Å²) in [4.78, 5) is 6.91. The SMILES string of the molecule is CC(C)(C)C1CCCN(Cc2noc(-c3ccoc3)n2)CC1. The summed E-state index contributed by atoms with van der Waals surface area (Å²) in [6, 6.07) is 1.83. The molecule has 0 saturated carbocycles. The summed E-state index contributed by atoms with van der Waals surface area (Å²) in [7, 11) is 0. The molecule has 3 heterocycles. The number of aromatic nitrogens is 2. The Balaban J connectivity index is 1.60. The molecule has 0 radical (unpaired) electrons. The summed E-state index contributed by atoms with van der Waals surface area (Å²) >= 11 is 0. The van der Waals surface area contributed by atoms with Crippen molar-refractivity contribution in [3.63, 3.8) is 0 Å². The third-order valence-electron chi connectivity index (χ3n) is 4.65. The molecule has 1 aliphatic heterocycles. The predicted molar refractivity (Wildman–Crippen MR) is 84.1 cm³/mol. The van der Waals surface area contributed by atoms with Gasteiger partial charge in [0.25, 0.3) is 5.89 Å². The monoisotopic (exact) mass is 303 g/mol. The van der Waals surface area contributed by atoms with Gasteiger partial charge >= 0.3 is 0 Å². The lowest BCUT2D eigenvalue weighted by atomic mass is 9.77. The zero-order chi connectivity index (χ0) is 15.6. The maximum Gasteiger partial charge on any atom is 0.261 e. The van der Waals surface area contributed by atoms with Crippen LogP contribution in [-0.2, 0) is 6.54 Å². The van der Waals surface area contributed by atoms with Gasteiger partial charge < -0.3 is 8.94 Å². The Bertz CT molecular complexity index is 583. The summed E-state index contributed by atoms with van der Waals surface area (Å²) in [6.07, 6.45) is 7.04. The summed E-state index contributed by atoms with van der Waals surface area (Å²) < 4.78 is 10.4. The standard InChI is InChI=1S/C17H25N3O2/c1-17(2,3)14-5-4-8-20(9-6-14)11-15-18-16(22-19-15)13-7-10-21-12-13/h7,10,12,14H,4-6,8-9,11H2,1-3H3. The van der Waals surface area contributed by atoms with Gasteiger partial charge in [-0.15, -0.1) is 0 Å². The molecule has 1 saturated heterocycles. The second kappa shape index (κ2) is 6.24. The molecule has 120 valence electrons. The smallest absolute Gasteiger partial charge is 0.261 e. The average Bonchev–Trinajstić information content (AvgIpc) is 3.06. The summed E-state index contributed by atoms with van der Waals surface area (Å²) in [5, 5.41) is 4.10. The van der Waals surface area contributed by atoms with E-state index in [9.17, 15) is 0 Å². The lowest BCUT2D eigenvalue weighted by Crippen LogP contribution is -2.26. The first-order chi connectivity index (χ1) is 10.5. The number of hydrogen-bond donors (Lipinski definition) is 0. The van der Waals surface area contributed by atoms with E-state index in [1.54, 1.807) is 12.5 Å². The highest BCUT2D eigenvalue weighted by Crippen LogP contribution is 2.34. The lowest BCUT2D eigenvalue weighted by Gasteiger charge is -2.29. The number of furan rings is 1. The molecule has 22 heavy (non-hydrogen) atoms. The molecule has 0 bridgehead atoms. The van der Waals surface area contributed by atoms with E-state index in [2.05, 4.69) is 35.8 Å². The quantitative estimate of drug-likeness (QED) is 0.858. The maximum atomic E-state index is 5.31. The van der Waals surface area contributed by atoms with Gasteiger partial charge in [0.15, 0.2) is 5.82 Å². The highest BCUT2D eigenvalue weighted by Gasteiger charge is 2.27. The van der Waals surface area contributed by atoms with Gasteiger partial charge in [0, 0.05) is 0 Å². The first-order valence-electron chi connectivity index (χ1n) is 8.10. The molecular formula is C17H25N3O2. The van der Waals surface area contributed by atoms with Crippen molar-refractivity contribution in [1.29, 1.82) is 0 Å². The van der Waals surface area contributed by atoms with E-state index < -0.39 is 0 Å². The first-order valence-corrected chi connectivity index (χ1v) is 8.10. The minimum absolute atomic E-state index is 0.399. The molecule has 0 amide bonds. The molecule has 1 unspecified atom stereocenters. The number of likely N-dealkylation sites (tertiary alicyclic amines) is 1. The third kappa shape index (κ3) is 3.58. The van der Waals surface area contributed by atoms with Gasteiger partial charge in [-0.05, 0) is 49.8 Å². The van der Waals surface area contributed by atoms with Crippen molar-refractivity contribution in [2.24, 2.45) is 11.3 Å². The van der Waals surface area contributed by atoms with Gasteiger partial charge in [0.05, 0.1) is 18.4 Å². The molecule has 0 spiro atoms. The van der Waals surface area contributed by atoms with Crippen LogP contribution < -0.4 is 0 Å². The summed E-state index contributed by atoms with van der Waals surface area (Å²) in [5.41, 5.74) is 1.23. The van der Waals surface area contributed by atoms with Gasteiger partial charge in [-0.3, -0.25) is 4.90 Å². The second-order valence-corrected chi connectivity index (χ2v) is 7.30. The van der Waals surface area contributed by atoms with Crippen LogP contribution in [0.4, 0.5) is 0 Å². The molecule has 1 fully saturated rings. The fourth-order valence-electron chi connectivity index (χ4n) is 3.20. The minimum atomic E-state index is 0.399. The molecule has 3 rings (SSSR count). The molecule has 0 aliphatic carbocycles. The van der Waals surface area contributed by atoms with Crippen molar-refractivity contribution in [3.05, 3.63) is 24.4 Å². The Morgan fingerprint density at radius 2 is 2.14 bits per heavy atom. The molecule has 0 aromatic carbocycles. The van der Waals surface area contributed by atoms with Gasteiger partial charge in [0.2, 0.25) is 0 Å².